The summed E-state index contributed by atoms with van der Waals surface area (Å²) < 4.78 is 6.68. The minimum atomic E-state index is 0.203. The van der Waals surface area contributed by atoms with Crippen LogP contribution >= 0.6 is 34.7 Å². The van der Waals surface area contributed by atoms with Crippen molar-refractivity contribution in [3.63, 3.8) is 0 Å². The van der Waals surface area contributed by atoms with Gasteiger partial charge < -0.3 is 9.64 Å². The molecule has 1 fully saturated rings. The lowest BCUT2D eigenvalue weighted by molar-refractivity contribution is 0.122. The molecule has 0 atom stereocenters. The predicted octanol–water partition coefficient (Wildman–Crippen LogP) is 4.30. The molecular formula is C18H19ClN4OS2. The zero-order chi connectivity index (χ0) is 17.9. The zero-order valence-electron chi connectivity index (χ0n) is 14.7. The standard InChI is InChI=1S/C18H19ClN4OS2/c1-18(2)7-10-11(8-25-18)16(23-3-5-24-6-4-23)22-17-12(10)13-14(26-17)15(19)21-9-20-13/h9H,3-8H2,1-2H3. The van der Waals surface area contributed by atoms with Crippen molar-refractivity contribution in [1.82, 2.24) is 15.0 Å². The highest BCUT2D eigenvalue weighted by Crippen LogP contribution is 2.47. The Morgan fingerprint density at radius 3 is 2.81 bits per heavy atom. The monoisotopic (exact) mass is 406 g/mol. The van der Waals surface area contributed by atoms with Crippen LogP contribution in [0.25, 0.3) is 20.4 Å². The highest BCUT2D eigenvalue weighted by molar-refractivity contribution is 7.99. The number of aromatic nitrogens is 3. The average molecular weight is 407 g/mol. The van der Waals surface area contributed by atoms with Crippen molar-refractivity contribution in [3.05, 3.63) is 22.6 Å². The van der Waals surface area contributed by atoms with Gasteiger partial charge in [-0.1, -0.05) is 25.4 Å². The first-order valence-corrected chi connectivity index (χ1v) is 10.9. The number of thiophene rings is 1. The second-order valence-corrected chi connectivity index (χ2v) is 10.4. The van der Waals surface area contributed by atoms with Crippen molar-refractivity contribution in [1.29, 1.82) is 0 Å². The molecule has 0 N–H and O–H groups in total. The van der Waals surface area contributed by atoms with Crippen molar-refractivity contribution in [3.8, 4) is 0 Å². The van der Waals surface area contributed by atoms with E-state index in [1.54, 1.807) is 17.7 Å². The lowest BCUT2D eigenvalue weighted by Gasteiger charge is -2.35. The lowest BCUT2D eigenvalue weighted by Crippen LogP contribution is -2.38. The molecule has 5 rings (SSSR count). The van der Waals surface area contributed by atoms with E-state index in [-0.39, 0.29) is 4.75 Å². The molecule has 26 heavy (non-hydrogen) atoms. The van der Waals surface area contributed by atoms with Crippen LogP contribution in [0.15, 0.2) is 6.33 Å². The van der Waals surface area contributed by atoms with E-state index in [1.165, 1.54) is 16.5 Å². The van der Waals surface area contributed by atoms with Crippen molar-refractivity contribution in [2.75, 3.05) is 31.2 Å². The highest BCUT2D eigenvalue weighted by atomic mass is 35.5. The van der Waals surface area contributed by atoms with Crippen molar-refractivity contribution in [2.45, 2.75) is 30.8 Å². The van der Waals surface area contributed by atoms with E-state index >= 15 is 0 Å². The first-order valence-electron chi connectivity index (χ1n) is 8.74. The third-order valence-electron chi connectivity index (χ3n) is 5.07. The molecule has 5 heterocycles. The quantitative estimate of drug-likeness (QED) is 0.561. The summed E-state index contributed by atoms with van der Waals surface area (Å²) in [5.74, 6) is 2.10. The number of nitrogens with zero attached hydrogens (tertiary/aromatic N) is 4. The Morgan fingerprint density at radius 2 is 2.00 bits per heavy atom. The van der Waals surface area contributed by atoms with Gasteiger partial charge in [-0.2, -0.15) is 11.8 Å². The van der Waals surface area contributed by atoms with Gasteiger partial charge in [-0.25, -0.2) is 15.0 Å². The molecule has 0 amide bonds. The lowest BCUT2D eigenvalue weighted by atomic mass is 9.94. The topological polar surface area (TPSA) is 51.1 Å². The Kier molecular flexibility index (Phi) is 4.04. The summed E-state index contributed by atoms with van der Waals surface area (Å²) in [5, 5.41) is 1.69. The maximum atomic E-state index is 6.36. The van der Waals surface area contributed by atoms with Gasteiger partial charge in [-0.05, 0) is 12.0 Å². The molecular weight excluding hydrogens is 388 g/mol. The maximum absolute atomic E-state index is 6.36. The van der Waals surface area contributed by atoms with Crippen LogP contribution in [-0.2, 0) is 16.9 Å². The number of thioether (sulfide) groups is 1. The van der Waals surface area contributed by atoms with Gasteiger partial charge in [0.15, 0.2) is 0 Å². The van der Waals surface area contributed by atoms with Crippen LogP contribution in [0.1, 0.15) is 25.0 Å². The van der Waals surface area contributed by atoms with E-state index in [9.17, 15) is 0 Å². The number of anilines is 1. The third-order valence-corrected chi connectivity index (χ3v) is 7.91. The van der Waals surface area contributed by atoms with Gasteiger partial charge in [-0.15, -0.1) is 11.3 Å². The van der Waals surface area contributed by atoms with Gasteiger partial charge in [0.05, 0.1) is 23.4 Å². The average Bonchev–Trinajstić information content (AvgIpc) is 3.01. The van der Waals surface area contributed by atoms with Crippen LogP contribution in [0, 0.1) is 0 Å². The summed E-state index contributed by atoms with van der Waals surface area (Å²) >= 11 is 9.97. The Morgan fingerprint density at radius 1 is 1.19 bits per heavy atom. The fourth-order valence-corrected chi connectivity index (χ4v) is 6.17. The predicted molar refractivity (Wildman–Crippen MR) is 110 cm³/mol. The second kappa shape index (κ2) is 6.19. The first-order chi connectivity index (χ1) is 12.5. The molecule has 136 valence electrons. The third kappa shape index (κ3) is 2.68. The summed E-state index contributed by atoms with van der Waals surface area (Å²) in [6.07, 6.45) is 2.57. The summed E-state index contributed by atoms with van der Waals surface area (Å²) in [6, 6.07) is 0. The van der Waals surface area contributed by atoms with E-state index < -0.39 is 0 Å². The number of morpholine rings is 1. The van der Waals surface area contributed by atoms with Gasteiger partial charge in [0, 0.05) is 34.5 Å². The molecule has 2 aliphatic heterocycles. The Labute approximate surface area is 165 Å². The second-order valence-electron chi connectivity index (χ2n) is 7.34. The number of hydrogen-bond donors (Lipinski definition) is 0. The fraction of sp³-hybridized carbons (Fsp3) is 0.500. The molecule has 0 radical (unpaired) electrons. The number of fused-ring (bicyclic) bond motifs is 5. The number of halogens is 1. The van der Waals surface area contributed by atoms with E-state index in [0.717, 1.165) is 59.3 Å². The summed E-state index contributed by atoms with van der Waals surface area (Å²) in [7, 11) is 0. The summed E-state index contributed by atoms with van der Waals surface area (Å²) in [5.41, 5.74) is 3.70. The minimum absolute atomic E-state index is 0.203. The molecule has 8 heteroatoms. The van der Waals surface area contributed by atoms with Crippen molar-refractivity contribution >= 4 is 61.0 Å². The Bertz CT molecular complexity index is 1010. The van der Waals surface area contributed by atoms with Crippen LogP contribution in [0.2, 0.25) is 5.15 Å². The molecule has 5 nitrogen and oxygen atoms in total. The van der Waals surface area contributed by atoms with E-state index in [0.29, 0.717) is 5.15 Å². The molecule has 0 spiro atoms. The van der Waals surface area contributed by atoms with E-state index in [1.807, 2.05) is 11.8 Å². The van der Waals surface area contributed by atoms with Crippen molar-refractivity contribution < 1.29 is 4.74 Å². The first kappa shape index (κ1) is 17.0. The molecule has 2 aliphatic rings. The van der Waals surface area contributed by atoms with Gasteiger partial charge in [0.25, 0.3) is 0 Å². The maximum Gasteiger partial charge on any atom is 0.150 e. The minimum Gasteiger partial charge on any atom is -0.378 e. The normalized spacial score (nSPS) is 19.9. The zero-order valence-corrected chi connectivity index (χ0v) is 17.1. The summed E-state index contributed by atoms with van der Waals surface area (Å²) in [4.78, 5) is 17.2. The number of pyridine rings is 1. The fourth-order valence-electron chi connectivity index (χ4n) is 3.80. The summed E-state index contributed by atoms with van der Waals surface area (Å²) in [6.45, 7) is 7.94. The van der Waals surface area contributed by atoms with E-state index in [4.69, 9.17) is 21.3 Å². The van der Waals surface area contributed by atoms with E-state index in [2.05, 4.69) is 28.7 Å². The van der Waals surface area contributed by atoms with Crippen LogP contribution < -0.4 is 4.90 Å². The van der Waals surface area contributed by atoms with Gasteiger partial charge in [0.1, 0.15) is 22.1 Å². The number of rotatable bonds is 1. The van der Waals surface area contributed by atoms with Crippen LogP contribution in [0.4, 0.5) is 5.82 Å². The van der Waals surface area contributed by atoms with Gasteiger partial charge in [-0.3, -0.25) is 0 Å². The molecule has 1 saturated heterocycles. The van der Waals surface area contributed by atoms with Crippen molar-refractivity contribution in [2.24, 2.45) is 0 Å². The highest BCUT2D eigenvalue weighted by Gasteiger charge is 2.33. The molecule has 0 aromatic carbocycles. The number of hydrogen-bond acceptors (Lipinski definition) is 7. The smallest absolute Gasteiger partial charge is 0.150 e. The Hall–Kier alpha value is -1.15. The Balaban J connectivity index is 1.82. The molecule has 0 aliphatic carbocycles. The van der Waals surface area contributed by atoms with Crippen LogP contribution in [-0.4, -0.2) is 46.0 Å². The molecule has 0 saturated carbocycles. The SMILES string of the molecule is CC1(C)Cc2c(c(N3CCOCC3)nc3sc4c(Cl)ncnc4c23)CS1. The van der Waals surface area contributed by atoms with Gasteiger partial charge in [0.2, 0.25) is 0 Å². The van der Waals surface area contributed by atoms with Crippen LogP contribution in [0.5, 0.6) is 0 Å². The molecule has 3 aromatic rings. The molecule has 0 bridgehead atoms. The largest absolute Gasteiger partial charge is 0.378 e. The van der Waals surface area contributed by atoms with Gasteiger partial charge >= 0.3 is 0 Å². The molecule has 3 aromatic heterocycles. The van der Waals surface area contributed by atoms with Crippen LogP contribution in [0.3, 0.4) is 0 Å². The number of ether oxygens (including phenoxy) is 1. The molecule has 0 unspecified atom stereocenters.